The minimum Gasteiger partial charge on any atom is -0.379 e. The summed E-state index contributed by atoms with van der Waals surface area (Å²) >= 11 is 0. The predicted molar refractivity (Wildman–Crippen MR) is 99.9 cm³/mol. The summed E-state index contributed by atoms with van der Waals surface area (Å²) in [6, 6.07) is 4.05. The third-order valence-electron chi connectivity index (χ3n) is 4.21. The number of sulfonamides is 1. The summed E-state index contributed by atoms with van der Waals surface area (Å²) in [5, 5.41) is 14.4. The van der Waals surface area contributed by atoms with Gasteiger partial charge in [0.25, 0.3) is 5.69 Å². The van der Waals surface area contributed by atoms with Gasteiger partial charge in [-0.05, 0) is 45.2 Å². The van der Waals surface area contributed by atoms with E-state index < -0.39 is 14.9 Å². The van der Waals surface area contributed by atoms with Gasteiger partial charge in [0, 0.05) is 32.3 Å². The maximum Gasteiger partial charge on any atom is 0.293 e. The van der Waals surface area contributed by atoms with Crippen LogP contribution in [-0.4, -0.2) is 50.0 Å². The summed E-state index contributed by atoms with van der Waals surface area (Å²) in [4.78, 5) is 10.8. The van der Waals surface area contributed by atoms with Crippen molar-refractivity contribution in [3.63, 3.8) is 0 Å². The molecule has 0 saturated carbocycles. The number of piperidine rings is 1. The molecular formula is C17H27N3O5S. The summed E-state index contributed by atoms with van der Waals surface area (Å²) in [5.74, 6) is 0. The molecule has 0 radical (unpaired) electrons. The van der Waals surface area contributed by atoms with Crippen LogP contribution in [0.4, 0.5) is 11.4 Å². The Hall–Kier alpha value is -1.71. The maximum atomic E-state index is 12.7. The molecule has 1 heterocycles. The van der Waals surface area contributed by atoms with Crippen molar-refractivity contribution in [2.24, 2.45) is 0 Å². The molecule has 8 nitrogen and oxygen atoms in total. The number of nitrogens with one attached hydrogen (secondary N) is 1. The molecule has 0 spiro atoms. The number of anilines is 1. The van der Waals surface area contributed by atoms with Crippen LogP contribution in [-0.2, 0) is 14.8 Å². The van der Waals surface area contributed by atoms with Crippen LogP contribution >= 0.6 is 0 Å². The minimum atomic E-state index is -3.69. The largest absolute Gasteiger partial charge is 0.379 e. The Labute approximate surface area is 154 Å². The summed E-state index contributed by atoms with van der Waals surface area (Å²) in [5.41, 5.74) is 0.0880. The van der Waals surface area contributed by atoms with E-state index in [1.54, 1.807) is 0 Å². The van der Waals surface area contributed by atoms with E-state index in [0.29, 0.717) is 38.3 Å². The number of rotatable bonds is 9. The van der Waals surface area contributed by atoms with Gasteiger partial charge < -0.3 is 10.1 Å². The fraction of sp³-hybridized carbons (Fsp3) is 0.647. The molecule has 1 aliphatic heterocycles. The van der Waals surface area contributed by atoms with Gasteiger partial charge in [0.05, 0.1) is 15.9 Å². The van der Waals surface area contributed by atoms with Crippen molar-refractivity contribution in [2.45, 2.75) is 50.5 Å². The van der Waals surface area contributed by atoms with E-state index in [1.807, 2.05) is 13.8 Å². The van der Waals surface area contributed by atoms with E-state index in [-0.39, 0.29) is 16.7 Å². The molecule has 2 rings (SSSR count). The number of nitro benzene ring substituents is 1. The van der Waals surface area contributed by atoms with Crippen LogP contribution in [0, 0.1) is 10.1 Å². The van der Waals surface area contributed by atoms with Crippen LogP contribution in [0.25, 0.3) is 0 Å². The van der Waals surface area contributed by atoms with Gasteiger partial charge in [0.2, 0.25) is 10.0 Å². The first kappa shape index (κ1) is 20.6. The number of hydrogen-bond donors (Lipinski definition) is 1. The first-order chi connectivity index (χ1) is 12.3. The van der Waals surface area contributed by atoms with Gasteiger partial charge >= 0.3 is 0 Å². The second-order valence-electron chi connectivity index (χ2n) is 6.60. The van der Waals surface area contributed by atoms with Crippen molar-refractivity contribution < 1.29 is 18.1 Å². The highest BCUT2D eigenvalue weighted by Crippen LogP contribution is 2.30. The summed E-state index contributed by atoms with van der Waals surface area (Å²) < 4.78 is 32.2. The lowest BCUT2D eigenvalue weighted by atomic mass is 10.2. The zero-order valence-electron chi connectivity index (χ0n) is 15.3. The highest BCUT2D eigenvalue weighted by Gasteiger charge is 2.28. The zero-order chi connectivity index (χ0) is 19.2. The summed E-state index contributed by atoms with van der Waals surface area (Å²) in [6.45, 7) is 5.88. The van der Waals surface area contributed by atoms with E-state index in [9.17, 15) is 18.5 Å². The molecule has 0 amide bonds. The number of benzene rings is 1. The van der Waals surface area contributed by atoms with E-state index in [0.717, 1.165) is 25.3 Å². The normalized spacial score (nSPS) is 16.0. The van der Waals surface area contributed by atoms with Crippen molar-refractivity contribution in [3.8, 4) is 0 Å². The smallest absolute Gasteiger partial charge is 0.293 e. The molecule has 0 aromatic heterocycles. The molecule has 146 valence electrons. The lowest BCUT2D eigenvalue weighted by Gasteiger charge is -2.25. The minimum absolute atomic E-state index is 0.0280. The number of hydrogen-bond acceptors (Lipinski definition) is 6. The topological polar surface area (TPSA) is 102 Å². The molecule has 1 aromatic carbocycles. The highest BCUT2D eigenvalue weighted by molar-refractivity contribution is 7.89. The lowest BCUT2D eigenvalue weighted by Crippen LogP contribution is -2.35. The molecule has 26 heavy (non-hydrogen) atoms. The van der Waals surface area contributed by atoms with E-state index in [2.05, 4.69) is 5.32 Å². The van der Waals surface area contributed by atoms with Crippen LogP contribution in [0.2, 0.25) is 0 Å². The summed E-state index contributed by atoms with van der Waals surface area (Å²) in [7, 11) is -3.69. The van der Waals surface area contributed by atoms with Gasteiger partial charge in [-0.25, -0.2) is 8.42 Å². The van der Waals surface area contributed by atoms with Crippen LogP contribution in [0.3, 0.4) is 0 Å². The van der Waals surface area contributed by atoms with Crippen LogP contribution < -0.4 is 5.32 Å². The Kier molecular flexibility index (Phi) is 7.36. The Morgan fingerprint density at radius 1 is 1.27 bits per heavy atom. The second-order valence-corrected chi connectivity index (χ2v) is 8.54. The molecule has 1 saturated heterocycles. The second kappa shape index (κ2) is 9.29. The maximum absolute atomic E-state index is 12.7. The molecule has 0 atom stereocenters. The average molecular weight is 385 g/mol. The number of nitrogens with zero attached hydrogens (tertiary/aromatic N) is 2. The molecule has 1 fully saturated rings. The monoisotopic (exact) mass is 385 g/mol. The van der Waals surface area contributed by atoms with Gasteiger partial charge in [-0.15, -0.1) is 0 Å². The third kappa shape index (κ3) is 5.39. The quantitative estimate of drug-likeness (QED) is 0.398. The molecule has 9 heteroatoms. The first-order valence-corrected chi connectivity index (χ1v) is 10.4. The Bertz CT molecular complexity index is 715. The Morgan fingerprint density at radius 3 is 2.58 bits per heavy atom. The third-order valence-corrected chi connectivity index (χ3v) is 6.10. The fourth-order valence-corrected chi connectivity index (χ4v) is 4.38. The van der Waals surface area contributed by atoms with Crippen molar-refractivity contribution in [1.29, 1.82) is 0 Å². The van der Waals surface area contributed by atoms with E-state index in [4.69, 9.17) is 4.74 Å². The van der Waals surface area contributed by atoms with Gasteiger partial charge in [0.15, 0.2) is 0 Å². The highest BCUT2D eigenvalue weighted by atomic mass is 32.2. The number of nitro groups is 1. The molecule has 0 bridgehead atoms. The van der Waals surface area contributed by atoms with Crippen LogP contribution in [0.1, 0.15) is 39.5 Å². The van der Waals surface area contributed by atoms with Gasteiger partial charge in [0.1, 0.15) is 5.69 Å². The van der Waals surface area contributed by atoms with Gasteiger partial charge in [-0.1, -0.05) is 6.42 Å². The molecule has 1 aromatic rings. The van der Waals surface area contributed by atoms with Crippen molar-refractivity contribution >= 4 is 21.4 Å². The van der Waals surface area contributed by atoms with Crippen molar-refractivity contribution in [2.75, 3.05) is 31.6 Å². The Morgan fingerprint density at radius 2 is 1.96 bits per heavy atom. The molecular weight excluding hydrogens is 358 g/mol. The first-order valence-electron chi connectivity index (χ1n) is 8.96. The zero-order valence-corrected chi connectivity index (χ0v) is 16.1. The van der Waals surface area contributed by atoms with Crippen LogP contribution in [0.5, 0.6) is 0 Å². The molecule has 0 aliphatic carbocycles. The predicted octanol–water partition coefficient (Wildman–Crippen LogP) is 3.00. The SMILES string of the molecule is CC(C)OCCCNc1ccc(S(=O)(=O)N2CCCCC2)cc1[N+](=O)[O-]. The average Bonchev–Trinajstić information content (AvgIpc) is 2.61. The Balaban J connectivity index is 2.11. The van der Waals surface area contributed by atoms with E-state index in [1.165, 1.54) is 16.4 Å². The van der Waals surface area contributed by atoms with Crippen LogP contribution in [0.15, 0.2) is 23.1 Å². The number of ether oxygens (including phenoxy) is 1. The molecule has 1 aliphatic rings. The molecule has 1 N–H and O–H groups in total. The molecule has 0 unspecified atom stereocenters. The van der Waals surface area contributed by atoms with Gasteiger partial charge in [-0.2, -0.15) is 4.31 Å². The van der Waals surface area contributed by atoms with Gasteiger partial charge in [-0.3, -0.25) is 10.1 Å². The van der Waals surface area contributed by atoms with Crippen molar-refractivity contribution in [3.05, 3.63) is 28.3 Å². The fourth-order valence-electron chi connectivity index (χ4n) is 2.84. The van der Waals surface area contributed by atoms with Crippen molar-refractivity contribution in [1.82, 2.24) is 4.31 Å². The lowest BCUT2D eigenvalue weighted by molar-refractivity contribution is -0.384. The summed E-state index contributed by atoms with van der Waals surface area (Å²) in [6.07, 6.45) is 3.49. The van der Waals surface area contributed by atoms with E-state index >= 15 is 0 Å². The standard InChI is InChI=1S/C17H27N3O5S/c1-14(2)25-12-6-9-18-16-8-7-15(13-17(16)20(21)22)26(23,24)19-10-4-3-5-11-19/h7-8,13-14,18H,3-6,9-12H2,1-2H3.